The van der Waals surface area contributed by atoms with E-state index in [2.05, 4.69) is 11.4 Å². The number of carbonyl (C=O) groups is 1. The van der Waals surface area contributed by atoms with Gasteiger partial charge in [0.25, 0.3) is 0 Å². The van der Waals surface area contributed by atoms with Gasteiger partial charge >= 0.3 is 0 Å². The molecular formula is C27H31N3O8. The number of Topliss-reactive ketones (excluding diaryl/α,β-unsaturated/α-hetero) is 1. The first kappa shape index (κ1) is 25.2. The molecule has 2 bridgehead atoms. The van der Waals surface area contributed by atoms with Crippen LogP contribution in [0, 0.1) is 18.3 Å². The van der Waals surface area contributed by atoms with Crippen LogP contribution in [0.5, 0.6) is 11.5 Å². The zero-order chi connectivity index (χ0) is 26.9. The maximum Gasteiger partial charge on any atom is 0.231 e. The summed E-state index contributed by atoms with van der Waals surface area (Å²) in [5, 5.41) is 36.8. The van der Waals surface area contributed by atoms with Crippen molar-refractivity contribution < 1.29 is 38.7 Å². The third-order valence-electron chi connectivity index (χ3n) is 8.55. The van der Waals surface area contributed by atoms with Gasteiger partial charge in [-0.2, -0.15) is 5.26 Å². The summed E-state index contributed by atoms with van der Waals surface area (Å²) in [6, 6.07) is 1.76. The number of aliphatic hydroxyl groups is 2. The highest BCUT2D eigenvalue weighted by Gasteiger charge is 2.63. The Hall–Kier alpha value is -3.14. The molecule has 1 unspecified atom stereocenters. The molecule has 0 saturated carbocycles. The summed E-state index contributed by atoms with van der Waals surface area (Å²) in [5.41, 5.74) is 1.33. The van der Waals surface area contributed by atoms with E-state index in [0.717, 1.165) is 16.7 Å². The lowest BCUT2D eigenvalue weighted by Gasteiger charge is -2.59. The van der Waals surface area contributed by atoms with E-state index in [1.165, 1.54) is 7.11 Å². The van der Waals surface area contributed by atoms with Crippen LogP contribution < -0.4 is 14.8 Å². The SMILES string of the molecule is COCOc1c(OC)c(C)cc2c1[C@H]1N[C@H](C2)[C@H](C#N)N2C1C[C@]1(O)C(=O)C(C)=C3OCOC3=C1[C@@H]2CO. The number of ketones is 1. The molecule has 202 valence electrons. The molecule has 0 aromatic heterocycles. The molecule has 38 heavy (non-hydrogen) atoms. The lowest BCUT2D eigenvalue weighted by Crippen LogP contribution is -2.74. The molecule has 5 aliphatic rings. The number of nitrogens with one attached hydrogen (secondary N) is 1. The number of aliphatic hydroxyl groups excluding tert-OH is 1. The summed E-state index contributed by atoms with van der Waals surface area (Å²) in [7, 11) is 3.11. The lowest BCUT2D eigenvalue weighted by molar-refractivity contribution is -0.142. The zero-order valence-electron chi connectivity index (χ0n) is 21.7. The first-order valence-electron chi connectivity index (χ1n) is 12.6. The normalized spacial score (nSPS) is 33.4. The molecule has 0 amide bonds. The van der Waals surface area contributed by atoms with Gasteiger partial charge in [0.2, 0.25) is 6.79 Å². The third-order valence-corrected chi connectivity index (χ3v) is 8.55. The van der Waals surface area contributed by atoms with Gasteiger partial charge in [0, 0.05) is 42.3 Å². The number of piperidine rings is 1. The number of rotatable bonds is 5. The Morgan fingerprint density at radius 2 is 2.03 bits per heavy atom. The molecule has 6 atom stereocenters. The summed E-state index contributed by atoms with van der Waals surface area (Å²) in [6.07, 6.45) is 0.523. The fraction of sp³-hybridized carbons (Fsp3) is 0.556. The topological polar surface area (TPSA) is 143 Å². The maximum atomic E-state index is 13.7. The molecule has 1 aliphatic carbocycles. The number of methoxy groups -OCH3 is 2. The zero-order valence-corrected chi connectivity index (χ0v) is 21.7. The molecule has 0 spiro atoms. The molecule has 6 rings (SSSR count). The molecule has 3 N–H and O–H groups in total. The van der Waals surface area contributed by atoms with Crippen LogP contribution >= 0.6 is 0 Å². The number of nitrogens with zero attached hydrogens (tertiary/aromatic N) is 2. The molecule has 4 heterocycles. The molecule has 3 saturated heterocycles. The van der Waals surface area contributed by atoms with E-state index >= 15 is 0 Å². The minimum atomic E-state index is -1.93. The number of nitriles is 1. The highest BCUT2D eigenvalue weighted by atomic mass is 16.7. The number of hydrogen-bond acceptors (Lipinski definition) is 11. The van der Waals surface area contributed by atoms with Crippen molar-refractivity contribution in [1.29, 1.82) is 5.26 Å². The number of aryl methyl sites for hydroxylation is 1. The van der Waals surface area contributed by atoms with Crippen LogP contribution in [0.2, 0.25) is 0 Å². The lowest BCUT2D eigenvalue weighted by atomic mass is 9.65. The van der Waals surface area contributed by atoms with Gasteiger partial charge in [-0.3, -0.25) is 9.69 Å². The first-order valence-corrected chi connectivity index (χ1v) is 12.6. The number of piperazine rings is 1. The first-order chi connectivity index (χ1) is 18.3. The Morgan fingerprint density at radius 1 is 1.26 bits per heavy atom. The second-order valence-electron chi connectivity index (χ2n) is 10.4. The average molecular weight is 526 g/mol. The van der Waals surface area contributed by atoms with Crippen molar-refractivity contribution in [2.45, 2.75) is 62.5 Å². The summed E-state index contributed by atoms with van der Waals surface area (Å²) in [5.74, 6) is 1.17. The fourth-order valence-corrected chi connectivity index (χ4v) is 7.13. The monoisotopic (exact) mass is 525 g/mol. The Bertz CT molecular complexity index is 1320. The van der Waals surface area contributed by atoms with E-state index in [1.54, 1.807) is 14.0 Å². The van der Waals surface area contributed by atoms with E-state index in [1.807, 2.05) is 17.9 Å². The van der Waals surface area contributed by atoms with Crippen LogP contribution in [-0.4, -0.2) is 85.1 Å². The van der Waals surface area contributed by atoms with Crippen molar-refractivity contribution in [3.63, 3.8) is 0 Å². The van der Waals surface area contributed by atoms with Gasteiger partial charge in [0.1, 0.15) is 6.04 Å². The highest BCUT2D eigenvalue weighted by molar-refractivity contribution is 6.06. The molecule has 3 fully saturated rings. The van der Waals surface area contributed by atoms with Crippen molar-refractivity contribution >= 4 is 5.78 Å². The van der Waals surface area contributed by atoms with Crippen molar-refractivity contribution in [1.82, 2.24) is 10.2 Å². The van der Waals surface area contributed by atoms with Crippen LogP contribution in [0.15, 0.2) is 28.7 Å². The van der Waals surface area contributed by atoms with Gasteiger partial charge in [-0.15, -0.1) is 0 Å². The standard InChI is InChI=1S/C27H31N3O8/c1-12-5-14-6-15-17(8-28)30-16(21(29-15)19(14)24(22(12)35-4)36-10-34-3)7-27(33)20(18(30)9-31)25-23(37-11-38-25)13(2)26(27)32/h5,15-18,21,29,31,33H,6-7,9-11H2,1-4H3/t15-,16?,17+,18+,21+,27-/m1/s1. The minimum absolute atomic E-state index is 0.000354. The summed E-state index contributed by atoms with van der Waals surface area (Å²) in [6.45, 7) is 3.03. The molecule has 1 aromatic carbocycles. The molecular weight excluding hydrogens is 494 g/mol. The summed E-state index contributed by atoms with van der Waals surface area (Å²) < 4.78 is 28.3. The van der Waals surface area contributed by atoms with Crippen LogP contribution in [0.1, 0.15) is 36.1 Å². The van der Waals surface area contributed by atoms with E-state index < -0.39 is 42.2 Å². The Balaban J connectivity index is 1.56. The molecule has 4 aliphatic heterocycles. The second kappa shape index (κ2) is 8.97. The number of hydrogen-bond donors (Lipinski definition) is 3. The number of ether oxygens (including phenoxy) is 5. The van der Waals surface area contributed by atoms with Crippen LogP contribution in [-0.2, 0) is 25.4 Å². The van der Waals surface area contributed by atoms with Crippen molar-refractivity contribution in [3.05, 3.63) is 45.4 Å². The van der Waals surface area contributed by atoms with Crippen LogP contribution in [0.3, 0.4) is 0 Å². The molecule has 0 radical (unpaired) electrons. The third kappa shape index (κ3) is 3.21. The largest absolute Gasteiger partial charge is 0.493 e. The van der Waals surface area contributed by atoms with Gasteiger partial charge in [0.15, 0.2) is 41.2 Å². The van der Waals surface area contributed by atoms with E-state index in [4.69, 9.17) is 23.7 Å². The maximum absolute atomic E-state index is 13.7. The van der Waals surface area contributed by atoms with E-state index in [-0.39, 0.29) is 48.7 Å². The Labute approximate surface area is 220 Å². The second-order valence-corrected chi connectivity index (χ2v) is 10.4. The van der Waals surface area contributed by atoms with Gasteiger partial charge in [-0.25, -0.2) is 0 Å². The van der Waals surface area contributed by atoms with Gasteiger partial charge in [-0.1, -0.05) is 6.07 Å². The van der Waals surface area contributed by atoms with Crippen molar-refractivity contribution in [2.75, 3.05) is 34.4 Å². The smallest absolute Gasteiger partial charge is 0.231 e. The van der Waals surface area contributed by atoms with Gasteiger partial charge < -0.3 is 39.2 Å². The quantitative estimate of drug-likeness (QED) is 0.468. The van der Waals surface area contributed by atoms with E-state index in [9.17, 15) is 20.3 Å². The number of carbonyl (C=O) groups excluding carboxylic acids is 1. The molecule has 11 heteroatoms. The predicted molar refractivity (Wildman–Crippen MR) is 131 cm³/mol. The molecule has 1 aromatic rings. The number of fused-ring (bicyclic) bond motifs is 8. The van der Waals surface area contributed by atoms with Crippen molar-refractivity contribution in [3.8, 4) is 17.6 Å². The minimum Gasteiger partial charge on any atom is -0.493 e. The predicted octanol–water partition coefficient (Wildman–Crippen LogP) is 0.729. The van der Waals surface area contributed by atoms with Crippen LogP contribution in [0.4, 0.5) is 0 Å². The van der Waals surface area contributed by atoms with Gasteiger partial charge in [-0.05, 0) is 31.4 Å². The Kier molecular flexibility index (Phi) is 5.93. The van der Waals surface area contributed by atoms with Gasteiger partial charge in [0.05, 0.1) is 31.9 Å². The fourth-order valence-electron chi connectivity index (χ4n) is 7.13. The van der Waals surface area contributed by atoms with E-state index in [0.29, 0.717) is 17.9 Å². The van der Waals surface area contributed by atoms with Crippen molar-refractivity contribution in [2.24, 2.45) is 0 Å². The Morgan fingerprint density at radius 3 is 2.71 bits per heavy atom. The molecule has 11 nitrogen and oxygen atoms in total. The summed E-state index contributed by atoms with van der Waals surface area (Å²) in [4.78, 5) is 15.6. The average Bonchev–Trinajstić information content (AvgIpc) is 3.39. The number of benzene rings is 1. The highest BCUT2D eigenvalue weighted by Crippen LogP contribution is 2.54. The van der Waals surface area contributed by atoms with Crippen LogP contribution in [0.25, 0.3) is 0 Å². The summed E-state index contributed by atoms with van der Waals surface area (Å²) >= 11 is 0.